The smallest absolute Gasteiger partial charge is 0.253 e. The van der Waals surface area contributed by atoms with Crippen molar-refractivity contribution in [1.82, 2.24) is 15.0 Å². The van der Waals surface area contributed by atoms with Gasteiger partial charge in [0.1, 0.15) is 0 Å². The highest BCUT2D eigenvalue weighted by Crippen LogP contribution is 2.29. The van der Waals surface area contributed by atoms with E-state index in [2.05, 4.69) is 10.1 Å². The van der Waals surface area contributed by atoms with E-state index in [4.69, 9.17) is 16.1 Å². The average Bonchev–Trinajstić information content (AvgIpc) is 3.03. The standard InChI is InChI=1S/C19H16ClN3O2/c1-12-5-7-13(8-6-12)19(24)23-10-15(11-23)18-21-17(22-25-18)14-3-2-4-16(20)9-14/h2-9,15H,10-11H2,1H3. The normalized spacial score (nSPS) is 14.4. The summed E-state index contributed by atoms with van der Waals surface area (Å²) in [5, 5.41) is 4.65. The van der Waals surface area contributed by atoms with E-state index in [1.807, 2.05) is 43.3 Å². The molecule has 0 N–H and O–H groups in total. The molecule has 1 aliphatic rings. The van der Waals surface area contributed by atoms with Crippen LogP contribution in [0.1, 0.15) is 27.7 Å². The number of hydrogen-bond acceptors (Lipinski definition) is 4. The van der Waals surface area contributed by atoms with Crippen LogP contribution in [0.25, 0.3) is 11.4 Å². The van der Waals surface area contributed by atoms with Crippen LogP contribution in [0.4, 0.5) is 0 Å². The van der Waals surface area contributed by atoms with Gasteiger partial charge in [-0.3, -0.25) is 4.79 Å². The van der Waals surface area contributed by atoms with Crippen molar-refractivity contribution in [2.75, 3.05) is 13.1 Å². The van der Waals surface area contributed by atoms with E-state index >= 15 is 0 Å². The van der Waals surface area contributed by atoms with Gasteiger partial charge in [0.25, 0.3) is 5.91 Å². The topological polar surface area (TPSA) is 59.2 Å². The first-order valence-corrected chi connectivity index (χ1v) is 8.43. The van der Waals surface area contributed by atoms with E-state index in [-0.39, 0.29) is 11.8 Å². The van der Waals surface area contributed by atoms with Crippen LogP contribution in [0.3, 0.4) is 0 Å². The second kappa shape index (κ2) is 6.33. The summed E-state index contributed by atoms with van der Waals surface area (Å²) in [6.07, 6.45) is 0. The number of aryl methyl sites for hydroxylation is 1. The maximum absolute atomic E-state index is 12.4. The van der Waals surface area contributed by atoms with Crippen molar-refractivity contribution in [2.24, 2.45) is 0 Å². The molecule has 0 saturated carbocycles. The Balaban J connectivity index is 1.42. The third kappa shape index (κ3) is 3.15. The van der Waals surface area contributed by atoms with Crippen LogP contribution in [0, 0.1) is 6.92 Å². The molecular formula is C19H16ClN3O2. The van der Waals surface area contributed by atoms with Gasteiger partial charge in [0.05, 0.1) is 5.92 Å². The first-order valence-electron chi connectivity index (χ1n) is 8.05. The molecule has 1 amide bonds. The minimum absolute atomic E-state index is 0.0332. The highest BCUT2D eigenvalue weighted by molar-refractivity contribution is 6.30. The van der Waals surface area contributed by atoms with Crippen molar-refractivity contribution in [3.8, 4) is 11.4 Å². The molecule has 0 aliphatic carbocycles. The number of likely N-dealkylation sites (tertiary alicyclic amines) is 1. The van der Waals surface area contributed by atoms with Crippen LogP contribution in [0.2, 0.25) is 5.02 Å². The maximum atomic E-state index is 12.4. The lowest BCUT2D eigenvalue weighted by molar-refractivity contribution is 0.0569. The van der Waals surface area contributed by atoms with Gasteiger partial charge in [-0.05, 0) is 31.2 Å². The van der Waals surface area contributed by atoms with Crippen molar-refractivity contribution in [3.63, 3.8) is 0 Å². The number of carbonyl (C=O) groups excluding carboxylic acids is 1. The Bertz CT molecular complexity index is 914. The summed E-state index contributed by atoms with van der Waals surface area (Å²) in [5.41, 5.74) is 2.65. The van der Waals surface area contributed by atoms with Gasteiger partial charge >= 0.3 is 0 Å². The van der Waals surface area contributed by atoms with Crippen LogP contribution < -0.4 is 0 Å². The molecule has 6 heteroatoms. The number of aromatic nitrogens is 2. The molecular weight excluding hydrogens is 338 g/mol. The van der Waals surface area contributed by atoms with Gasteiger partial charge in [0.15, 0.2) is 0 Å². The van der Waals surface area contributed by atoms with Crippen LogP contribution in [-0.4, -0.2) is 34.0 Å². The second-order valence-electron chi connectivity index (χ2n) is 6.24. The van der Waals surface area contributed by atoms with Gasteiger partial charge in [0.2, 0.25) is 11.7 Å². The zero-order chi connectivity index (χ0) is 17.4. The molecule has 1 saturated heterocycles. The zero-order valence-corrected chi connectivity index (χ0v) is 14.4. The largest absolute Gasteiger partial charge is 0.339 e. The highest BCUT2D eigenvalue weighted by Gasteiger charge is 2.36. The SMILES string of the molecule is Cc1ccc(C(=O)N2CC(c3nc(-c4cccc(Cl)c4)no3)C2)cc1. The molecule has 3 aromatic rings. The first kappa shape index (κ1) is 15.8. The van der Waals surface area contributed by atoms with E-state index in [0.29, 0.717) is 35.4 Å². The van der Waals surface area contributed by atoms with Crippen molar-refractivity contribution in [1.29, 1.82) is 0 Å². The van der Waals surface area contributed by atoms with Crippen LogP contribution in [0.15, 0.2) is 53.1 Å². The number of rotatable bonds is 3. The molecule has 2 aromatic carbocycles. The summed E-state index contributed by atoms with van der Waals surface area (Å²) in [4.78, 5) is 18.7. The lowest BCUT2D eigenvalue weighted by atomic mass is 9.98. The zero-order valence-electron chi connectivity index (χ0n) is 13.6. The van der Waals surface area contributed by atoms with E-state index < -0.39 is 0 Å². The van der Waals surface area contributed by atoms with Crippen molar-refractivity contribution >= 4 is 17.5 Å². The van der Waals surface area contributed by atoms with Gasteiger partial charge in [-0.15, -0.1) is 0 Å². The molecule has 1 aromatic heterocycles. The Morgan fingerprint density at radius 2 is 1.96 bits per heavy atom. The fourth-order valence-corrected chi connectivity index (χ4v) is 3.02. The molecule has 0 unspecified atom stereocenters. The molecule has 4 rings (SSSR count). The molecule has 2 heterocycles. The van der Waals surface area contributed by atoms with Crippen molar-refractivity contribution < 1.29 is 9.32 Å². The van der Waals surface area contributed by atoms with Crippen molar-refractivity contribution in [2.45, 2.75) is 12.8 Å². The summed E-state index contributed by atoms with van der Waals surface area (Å²) in [5.74, 6) is 1.18. The van der Waals surface area contributed by atoms with E-state index in [1.54, 1.807) is 17.0 Å². The molecule has 0 radical (unpaired) electrons. The summed E-state index contributed by atoms with van der Waals surface area (Å²) < 4.78 is 5.37. The third-order valence-electron chi connectivity index (χ3n) is 4.34. The van der Waals surface area contributed by atoms with E-state index in [1.165, 1.54) is 0 Å². The highest BCUT2D eigenvalue weighted by atomic mass is 35.5. The third-order valence-corrected chi connectivity index (χ3v) is 4.58. The molecule has 0 bridgehead atoms. The second-order valence-corrected chi connectivity index (χ2v) is 6.68. The molecule has 1 fully saturated rings. The molecule has 25 heavy (non-hydrogen) atoms. The monoisotopic (exact) mass is 353 g/mol. The molecule has 0 spiro atoms. The van der Waals surface area contributed by atoms with Crippen LogP contribution in [-0.2, 0) is 0 Å². The number of hydrogen-bond donors (Lipinski definition) is 0. The summed E-state index contributed by atoms with van der Waals surface area (Å²) in [6, 6.07) is 14.9. The van der Waals surface area contributed by atoms with Gasteiger partial charge in [-0.2, -0.15) is 4.98 Å². The number of amides is 1. The number of benzene rings is 2. The number of halogens is 1. The Labute approximate surface area is 150 Å². The van der Waals surface area contributed by atoms with Gasteiger partial charge in [0, 0.05) is 29.2 Å². The average molecular weight is 354 g/mol. The number of carbonyl (C=O) groups is 1. The molecule has 126 valence electrons. The summed E-state index contributed by atoms with van der Waals surface area (Å²) in [6.45, 7) is 3.18. The van der Waals surface area contributed by atoms with Crippen LogP contribution in [0.5, 0.6) is 0 Å². The molecule has 5 nitrogen and oxygen atoms in total. The fourth-order valence-electron chi connectivity index (χ4n) is 2.83. The predicted molar refractivity (Wildman–Crippen MR) is 94.6 cm³/mol. The van der Waals surface area contributed by atoms with E-state index in [9.17, 15) is 4.79 Å². The first-order chi connectivity index (χ1) is 12.1. The van der Waals surface area contributed by atoms with Gasteiger partial charge < -0.3 is 9.42 Å². The van der Waals surface area contributed by atoms with Crippen LogP contribution >= 0.6 is 11.6 Å². The Kier molecular flexibility index (Phi) is 4.01. The fraction of sp³-hybridized carbons (Fsp3) is 0.211. The quantitative estimate of drug-likeness (QED) is 0.715. The Morgan fingerprint density at radius 1 is 1.20 bits per heavy atom. The maximum Gasteiger partial charge on any atom is 0.253 e. The molecule has 0 atom stereocenters. The summed E-state index contributed by atoms with van der Waals surface area (Å²) >= 11 is 5.99. The summed E-state index contributed by atoms with van der Waals surface area (Å²) in [7, 11) is 0. The van der Waals surface area contributed by atoms with Crippen molar-refractivity contribution in [3.05, 3.63) is 70.6 Å². The lowest BCUT2D eigenvalue weighted by Gasteiger charge is -2.37. The Hall–Kier alpha value is -2.66. The van der Waals surface area contributed by atoms with Gasteiger partial charge in [-0.25, -0.2) is 0 Å². The lowest BCUT2D eigenvalue weighted by Crippen LogP contribution is -2.48. The van der Waals surface area contributed by atoms with E-state index in [0.717, 1.165) is 11.1 Å². The number of nitrogens with zero attached hydrogens (tertiary/aromatic N) is 3. The predicted octanol–water partition coefficient (Wildman–Crippen LogP) is 3.94. The molecule has 1 aliphatic heterocycles. The minimum atomic E-state index is 0.0332. The van der Waals surface area contributed by atoms with Gasteiger partial charge in [-0.1, -0.05) is 46.6 Å². The minimum Gasteiger partial charge on any atom is -0.339 e. The Morgan fingerprint density at radius 3 is 2.68 bits per heavy atom.